The van der Waals surface area contributed by atoms with Crippen molar-refractivity contribution in [1.82, 2.24) is 9.55 Å². The predicted octanol–water partition coefficient (Wildman–Crippen LogP) is 1.45. The molecular formula is C8H12N2O2. The first-order valence-electron chi connectivity index (χ1n) is 3.98. The first-order chi connectivity index (χ1) is 5.77. The van der Waals surface area contributed by atoms with Crippen LogP contribution in [0, 0.1) is 0 Å². The van der Waals surface area contributed by atoms with E-state index in [9.17, 15) is 4.79 Å². The molecule has 1 aromatic rings. The second kappa shape index (κ2) is 3.90. The molecule has 0 unspecified atom stereocenters. The number of carbonyl (C=O) groups excluding carboxylic acids is 1. The summed E-state index contributed by atoms with van der Waals surface area (Å²) in [5, 5.41) is 0. The van der Waals surface area contributed by atoms with Crippen LogP contribution in [0.4, 0.5) is 4.79 Å². The van der Waals surface area contributed by atoms with E-state index < -0.39 is 0 Å². The van der Waals surface area contributed by atoms with Crippen molar-refractivity contribution >= 4 is 6.09 Å². The number of imidazole rings is 1. The van der Waals surface area contributed by atoms with Gasteiger partial charge in [-0.2, -0.15) is 0 Å². The van der Waals surface area contributed by atoms with Crippen molar-refractivity contribution < 1.29 is 9.53 Å². The number of hydrogen-bond acceptors (Lipinski definition) is 3. The molecule has 0 spiro atoms. The Kier molecular flexibility index (Phi) is 2.85. The quantitative estimate of drug-likeness (QED) is 0.671. The van der Waals surface area contributed by atoms with Gasteiger partial charge in [0.2, 0.25) is 0 Å². The standard InChI is InChI=1S/C8H12N2O2/c1-3-7-5-10(6-9-7)8(11)12-4-2/h5-6H,3-4H2,1-2H3. The minimum atomic E-state index is -0.371. The fourth-order valence-electron chi connectivity index (χ4n) is 0.844. The molecule has 0 saturated heterocycles. The minimum Gasteiger partial charge on any atom is -0.449 e. The average Bonchev–Trinajstić information content (AvgIpc) is 2.52. The van der Waals surface area contributed by atoms with Crippen LogP contribution in [0.2, 0.25) is 0 Å². The number of rotatable bonds is 2. The van der Waals surface area contributed by atoms with Crippen LogP contribution >= 0.6 is 0 Å². The molecule has 0 amide bonds. The maximum atomic E-state index is 11.1. The second-order valence-corrected chi connectivity index (χ2v) is 2.32. The van der Waals surface area contributed by atoms with Crippen molar-refractivity contribution in [2.24, 2.45) is 0 Å². The third kappa shape index (κ3) is 1.84. The third-order valence-corrected chi connectivity index (χ3v) is 1.48. The molecule has 12 heavy (non-hydrogen) atoms. The van der Waals surface area contributed by atoms with Crippen molar-refractivity contribution in [2.75, 3.05) is 6.61 Å². The molecule has 1 aromatic heterocycles. The topological polar surface area (TPSA) is 44.1 Å². The zero-order valence-electron chi connectivity index (χ0n) is 7.28. The fraction of sp³-hybridized carbons (Fsp3) is 0.500. The first-order valence-corrected chi connectivity index (χ1v) is 3.98. The molecule has 0 aliphatic carbocycles. The summed E-state index contributed by atoms with van der Waals surface area (Å²) in [6.07, 6.45) is 3.60. The van der Waals surface area contributed by atoms with Gasteiger partial charge in [0.25, 0.3) is 0 Å². The average molecular weight is 168 g/mol. The zero-order chi connectivity index (χ0) is 8.97. The summed E-state index contributed by atoms with van der Waals surface area (Å²) < 4.78 is 6.12. The summed E-state index contributed by atoms with van der Waals surface area (Å²) in [6.45, 7) is 4.14. The highest BCUT2D eigenvalue weighted by molar-refractivity contribution is 5.70. The summed E-state index contributed by atoms with van der Waals surface area (Å²) in [7, 11) is 0. The molecular weight excluding hydrogens is 156 g/mol. The number of carbonyl (C=O) groups is 1. The molecule has 0 atom stereocenters. The number of ether oxygens (including phenoxy) is 1. The highest BCUT2D eigenvalue weighted by atomic mass is 16.5. The van der Waals surface area contributed by atoms with Gasteiger partial charge in [-0.05, 0) is 13.3 Å². The number of aryl methyl sites for hydroxylation is 1. The van der Waals surface area contributed by atoms with Gasteiger partial charge in [-0.3, -0.25) is 0 Å². The molecule has 0 bridgehead atoms. The second-order valence-electron chi connectivity index (χ2n) is 2.32. The van der Waals surface area contributed by atoms with E-state index in [0.717, 1.165) is 12.1 Å². The Balaban J connectivity index is 2.68. The molecule has 0 aromatic carbocycles. The van der Waals surface area contributed by atoms with Gasteiger partial charge in [0, 0.05) is 6.20 Å². The van der Waals surface area contributed by atoms with E-state index in [1.54, 1.807) is 13.1 Å². The molecule has 0 aliphatic heterocycles. The summed E-state index contributed by atoms with van der Waals surface area (Å²) >= 11 is 0. The lowest BCUT2D eigenvalue weighted by atomic mass is 10.4. The van der Waals surface area contributed by atoms with Gasteiger partial charge in [0.1, 0.15) is 6.33 Å². The van der Waals surface area contributed by atoms with Crippen molar-refractivity contribution in [2.45, 2.75) is 20.3 Å². The molecule has 4 heteroatoms. The van der Waals surface area contributed by atoms with Crippen LogP contribution in [0.15, 0.2) is 12.5 Å². The van der Waals surface area contributed by atoms with Crippen molar-refractivity contribution in [3.05, 3.63) is 18.2 Å². The van der Waals surface area contributed by atoms with Crippen molar-refractivity contribution in [3.8, 4) is 0 Å². The smallest absolute Gasteiger partial charge is 0.419 e. The molecule has 0 radical (unpaired) electrons. The van der Waals surface area contributed by atoms with Gasteiger partial charge in [-0.25, -0.2) is 14.3 Å². The molecule has 0 aliphatic rings. The molecule has 0 N–H and O–H groups in total. The monoisotopic (exact) mass is 168 g/mol. The zero-order valence-corrected chi connectivity index (χ0v) is 7.28. The largest absolute Gasteiger partial charge is 0.449 e. The van der Waals surface area contributed by atoms with E-state index in [4.69, 9.17) is 4.74 Å². The van der Waals surface area contributed by atoms with Gasteiger partial charge in [0.05, 0.1) is 12.3 Å². The van der Waals surface area contributed by atoms with E-state index in [-0.39, 0.29) is 6.09 Å². The van der Waals surface area contributed by atoms with Crippen LogP contribution in [0.1, 0.15) is 19.5 Å². The lowest BCUT2D eigenvalue weighted by molar-refractivity contribution is 0.154. The summed E-state index contributed by atoms with van der Waals surface area (Å²) in [5.74, 6) is 0. The lowest BCUT2D eigenvalue weighted by Crippen LogP contribution is -2.11. The molecule has 66 valence electrons. The van der Waals surface area contributed by atoms with Gasteiger partial charge < -0.3 is 4.74 Å². The lowest BCUT2D eigenvalue weighted by Gasteiger charge is -1.99. The third-order valence-electron chi connectivity index (χ3n) is 1.48. The molecule has 1 rings (SSSR count). The van der Waals surface area contributed by atoms with Gasteiger partial charge >= 0.3 is 6.09 Å². The van der Waals surface area contributed by atoms with Crippen molar-refractivity contribution in [1.29, 1.82) is 0 Å². The molecule has 1 heterocycles. The summed E-state index contributed by atoms with van der Waals surface area (Å²) in [5.41, 5.74) is 0.892. The summed E-state index contributed by atoms with van der Waals surface area (Å²) in [6, 6.07) is 0. The van der Waals surface area contributed by atoms with Crippen molar-refractivity contribution in [3.63, 3.8) is 0 Å². The van der Waals surface area contributed by atoms with E-state index in [1.165, 1.54) is 10.9 Å². The minimum absolute atomic E-state index is 0.371. The number of hydrogen-bond donors (Lipinski definition) is 0. The molecule has 0 saturated carbocycles. The number of nitrogens with zero attached hydrogens (tertiary/aromatic N) is 2. The van der Waals surface area contributed by atoms with E-state index >= 15 is 0 Å². The Morgan fingerprint density at radius 2 is 2.42 bits per heavy atom. The maximum absolute atomic E-state index is 11.1. The van der Waals surface area contributed by atoms with Crippen LogP contribution in [-0.4, -0.2) is 22.3 Å². The van der Waals surface area contributed by atoms with Crippen LogP contribution in [0.5, 0.6) is 0 Å². The Hall–Kier alpha value is -1.32. The maximum Gasteiger partial charge on any atom is 0.419 e. The van der Waals surface area contributed by atoms with Crippen LogP contribution in [-0.2, 0) is 11.2 Å². The Labute approximate surface area is 71.2 Å². The first kappa shape index (κ1) is 8.77. The Bertz CT molecular complexity index is 268. The van der Waals surface area contributed by atoms with Crippen LogP contribution < -0.4 is 0 Å². The van der Waals surface area contributed by atoms with Crippen LogP contribution in [0.25, 0.3) is 0 Å². The molecule has 0 fully saturated rings. The highest BCUT2D eigenvalue weighted by Crippen LogP contribution is 1.97. The van der Waals surface area contributed by atoms with E-state index in [1.807, 2.05) is 6.92 Å². The van der Waals surface area contributed by atoms with E-state index in [2.05, 4.69) is 4.98 Å². The Morgan fingerprint density at radius 3 is 2.92 bits per heavy atom. The number of aromatic nitrogens is 2. The van der Waals surface area contributed by atoms with Gasteiger partial charge in [-0.1, -0.05) is 6.92 Å². The van der Waals surface area contributed by atoms with Crippen LogP contribution in [0.3, 0.4) is 0 Å². The van der Waals surface area contributed by atoms with Gasteiger partial charge in [0.15, 0.2) is 0 Å². The SMILES string of the molecule is CCOC(=O)n1cnc(CC)c1. The normalized spacial score (nSPS) is 9.83. The van der Waals surface area contributed by atoms with Gasteiger partial charge in [-0.15, -0.1) is 0 Å². The predicted molar refractivity (Wildman–Crippen MR) is 44.0 cm³/mol. The fourth-order valence-corrected chi connectivity index (χ4v) is 0.844. The molecule has 4 nitrogen and oxygen atoms in total. The Morgan fingerprint density at radius 1 is 1.67 bits per heavy atom. The highest BCUT2D eigenvalue weighted by Gasteiger charge is 2.04. The van der Waals surface area contributed by atoms with E-state index in [0.29, 0.717) is 6.61 Å². The summed E-state index contributed by atoms with van der Waals surface area (Å²) in [4.78, 5) is 15.1.